The molecule has 0 bridgehead atoms. The minimum Gasteiger partial charge on any atom is -0.493 e. The molecule has 0 fully saturated rings. The first-order valence-electron chi connectivity index (χ1n) is 6.37. The summed E-state index contributed by atoms with van der Waals surface area (Å²) in [5, 5.41) is 2.06. The van der Waals surface area contributed by atoms with E-state index in [0.29, 0.717) is 13.2 Å². The Morgan fingerprint density at radius 1 is 1.45 bits per heavy atom. The monoisotopic (exact) mass is 351 g/mol. The SMILES string of the molecule is CN(Cc1csc(Br)c1)C(=O)c1ccc2c(c1)CCO2. The molecule has 0 radical (unpaired) electrons. The van der Waals surface area contributed by atoms with Gasteiger partial charge in [-0.15, -0.1) is 11.3 Å². The summed E-state index contributed by atoms with van der Waals surface area (Å²) >= 11 is 5.07. The van der Waals surface area contributed by atoms with Crippen LogP contribution >= 0.6 is 27.3 Å². The molecule has 3 nitrogen and oxygen atoms in total. The summed E-state index contributed by atoms with van der Waals surface area (Å²) in [4.78, 5) is 14.2. The summed E-state index contributed by atoms with van der Waals surface area (Å²) in [6, 6.07) is 7.73. The first-order chi connectivity index (χ1) is 9.63. The van der Waals surface area contributed by atoms with Gasteiger partial charge in [0, 0.05) is 25.6 Å². The lowest BCUT2D eigenvalue weighted by Gasteiger charge is -2.17. The maximum atomic E-state index is 12.4. The molecule has 0 spiro atoms. The van der Waals surface area contributed by atoms with E-state index in [-0.39, 0.29) is 5.91 Å². The molecule has 104 valence electrons. The topological polar surface area (TPSA) is 29.5 Å². The van der Waals surface area contributed by atoms with Gasteiger partial charge in [-0.1, -0.05) is 0 Å². The normalized spacial score (nSPS) is 12.9. The molecule has 0 saturated heterocycles. The quantitative estimate of drug-likeness (QED) is 0.843. The van der Waals surface area contributed by atoms with Gasteiger partial charge in [-0.25, -0.2) is 0 Å². The number of ether oxygens (including phenoxy) is 1. The third-order valence-corrected chi connectivity index (χ3v) is 4.88. The molecular formula is C15H14BrNO2S. The lowest BCUT2D eigenvalue weighted by Crippen LogP contribution is -2.26. The number of hydrogen-bond donors (Lipinski definition) is 0. The summed E-state index contributed by atoms with van der Waals surface area (Å²) in [6.45, 7) is 1.33. The fourth-order valence-electron chi connectivity index (χ4n) is 2.31. The fourth-order valence-corrected chi connectivity index (χ4v) is 3.51. The maximum absolute atomic E-state index is 12.4. The zero-order chi connectivity index (χ0) is 14.1. The van der Waals surface area contributed by atoms with Crippen molar-refractivity contribution in [1.82, 2.24) is 4.90 Å². The van der Waals surface area contributed by atoms with Crippen LogP contribution in [0.15, 0.2) is 33.4 Å². The minimum absolute atomic E-state index is 0.0435. The summed E-state index contributed by atoms with van der Waals surface area (Å²) in [5.41, 5.74) is 3.00. The molecule has 5 heteroatoms. The molecule has 0 unspecified atom stereocenters. The predicted molar refractivity (Wildman–Crippen MR) is 83.5 cm³/mol. The molecule has 1 aliphatic rings. The molecule has 1 amide bonds. The van der Waals surface area contributed by atoms with Gasteiger partial charge >= 0.3 is 0 Å². The van der Waals surface area contributed by atoms with Crippen LogP contribution in [0.4, 0.5) is 0 Å². The highest BCUT2D eigenvalue weighted by Crippen LogP contribution is 2.27. The van der Waals surface area contributed by atoms with Crippen molar-refractivity contribution in [2.75, 3.05) is 13.7 Å². The van der Waals surface area contributed by atoms with Crippen molar-refractivity contribution in [2.24, 2.45) is 0 Å². The molecule has 0 atom stereocenters. The van der Waals surface area contributed by atoms with Gasteiger partial charge < -0.3 is 9.64 Å². The highest BCUT2D eigenvalue weighted by Gasteiger charge is 2.17. The van der Waals surface area contributed by atoms with E-state index in [1.165, 1.54) is 0 Å². The van der Waals surface area contributed by atoms with Crippen LogP contribution in [0.2, 0.25) is 0 Å². The lowest BCUT2D eigenvalue weighted by atomic mass is 10.1. The van der Waals surface area contributed by atoms with E-state index in [4.69, 9.17) is 4.74 Å². The number of thiophene rings is 1. The predicted octanol–water partition coefficient (Wildman–Crippen LogP) is 3.72. The summed E-state index contributed by atoms with van der Waals surface area (Å²) in [7, 11) is 1.83. The number of benzene rings is 1. The van der Waals surface area contributed by atoms with E-state index >= 15 is 0 Å². The summed E-state index contributed by atoms with van der Waals surface area (Å²) < 4.78 is 6.55. The van der Waals surface area contributed by atoms with Crippen LogP contribution in [0.3, 0.4) is 0 Å². The summed E-state index contributed by atoms with van der Waals surface area (Å²) in [5.74, 6) is 0.952. The van der Waals surface area contributed by atoms with Crippen LogP contribution < -0.4 is 4.74 Å². The van der Waals surface area contributed by atoms with Crippen molar-refractivity contribution in [3.63, 3.8) is 0 Å². The van der Waals surface area contributed by atoms with Crippen molar-refractivity contribution in [1.29, 1.82) is 0 Å². The van der Waals surface area contributed by atoms with Crippen LogP contribution in [0.25, 0.3) is 0 Å². The van der Waals surface area contributed by atoms with Gasteiger partial charge in [0.25, 0.3) is 5.91 Å². The number of carbonyl (C=O) groups excluding carboxylic acids is 1. The average molecular weight is 352 g/mol. The van der Waals surface area contributed by atoms with Crippen LogP contribution in [-0.4, -0.2) is 24.5 Å². The highest BCUT2D eigenvalue weighted by molar-refractivity contribution is 9.11. The van der Waals surface area contributed by atoms with E-state index in [2.05, 4.69) is 21.3 Å². The molecule has 3 rings (SSSR count). The van der Waals surface area contributed by atoms with Crippen molar-refractivity contribution < 1.29 is 9.53 Å². The first kappa shape index (κ1) is 13.6. The molecule has 1 aliphatic heterocycles. The van der Waals surface area contributed by atoms with Crippen molar-refractivity contribution in [3.05, 3.63) is 50.1 Å². The second kappa shape index (κ2) is 5.58. The third kappa shape index (κ3) is 2.74. The molecule has 0 aliphatic carbocycles. The Labute approximate surface area is 130 Å². The fraction of sp³-hybridized carbons (Fsp3) is 0.267. The van der Waals surface area contributed by atoms with Crippen LogP contribution in [0, 0.1) is 0 Å². The number of hydrogen-bond acceptors (Lipinski definition) is 3. The van der Waals surface area contributed by atoms with Crippen LogP contribution in [-0.2, 0) is 13.0 Å². The van der Waals surface area contributed by atoms with Gasteiger partial charge in [0.05, 0.1) is 10.4 Å². The summed E-state index contributed by atoms with van der Waals surface area (Å²) in [6.07, 6.45) is 0.887. The van der Waals surface area contributed by atoms with Gasteiger partial charge in [0.1, 0.15) is 5.75 Å². The number of fused-ring (bicyclic) bond motifs is 1. The van der Waals surface area contributed by atoms with E-state index in [9.17, 15) is 4.79 Å². The molecule has 0 N–H and O–H groups in total. The molecule has 2 heterocycles. The third-order valence-electron chi connectivity index (χ3n) is 3.32. The van der Waals surface area contributed by atoms with E-state index in [1.54, 1.807) is 16.2 Å². The number of nitrogens with zero attached hydrogens (tertiary/aromatic N) is 1. The lowest BCUT2D eigenvalue weighted by molar-refractivity contribution is 0.0785. The Morgan fingerprint density at radius 3 is 3.05 bits per heavy atom. The molecule has 0 saturated carbocycles. The maximum Gasteiger partial charge on any atom is 0.253 e. The first-order valence-corrected chi connectivity index (χ1v) is 8.05. The molecular weight excluding hydrogens is 338 g/mol. The minimum atomic E-state index is 0.0435. The van der Waals surface area contributed by atoms with E-state index in [0.717, 1.165) is 32.6 Å². The van der Waals surface area contributed by atoms with Gasteiger partial charge in [0.2, 0.25) is 0 Å². The number of amides is 1. The number of halogens is 1. The zero-order valence-electron chi connectivity index (χ0n) is 11.1. The van der Waals surface area contributed by atoms with Crippen molar-refractivity contribution in [2.45, 2.75) is 13.0 Å². The standard InChI is InChI=1S/C15H14BrNO2S/c1-17(8-10-6-14(16)20-9-10)15(18)12-2-3-13-11(7-12)4-5-19-13/h2-3,6-7,9H,4-5,8H2,1H3. The van der Waals surface area contributed by atoms with Gasteiger partial charge in [-0.3, -0.25) is 4.79 Å². The second-order valence-electron chi connectivity index (χ2n) is 4.84. The largest absolute Gasteiger partial charge is 0.493 e. The van der Waals surface area contributed by atoms with Crippen molar-refractivity contribution >= 4 is 33.2 Å². The van der Waals surface area contributed by atoms with Gasteiger partial charge in [-0.2, -0.15) is 0 Å². The smallest absolute Gasteiger partial charge is 0.253 e. The Kier molecular flexibility index (Phi) is 3.81. The Bertz CT molecular complexity index is 653. The van der Waals surface area contributed by atoms with E-state index in [1.807, 2.05) is 31.3 Å². The average Bonchev–Trinajstić information content (AvgIpc) is 3.05. The van der Waals surface area contributed by atoms with Crippen LogP contribution in [0.1, 0.15) is 21.5 Å². The number of carbonyl (C=O) groups is 1. The molecule has 2 aromatic rings. The molecule has 20 heavy (non-hydrogen) atoms. The Hall–Kier alpha value is -1.33. The zero-order valence-corrected chi connectivity index (χ0v) is 13.5. The van der Waals surface area contributed by atoms with Gasteiger partial charge in [-0.05, 0) is 56.7 Å². The Morgan fingerprint density at radius 2 is 2.30 bits per heavy atom. The Balaban J connectivity index is 1.74. The molecule has 1 aromatic carbocycles. The van der Waals surface area contributed by atoms with Crippen LogP contribution in [0.5, 0.6) is 5.75 Å². The highest BCUT2D eigenvalue weighted by atomic mass is 79.9. The molecule has 1 aromatic heterocycles. The second-order valence-corrected chi connectivity index (χ2v) is 7.13. The van der Waals surface area contributed by atoms with Gasteiger partial charge in [0.15, 0.2) is 0 Å². The number of rotatable bonds is 3. The van der Waals surface area contributed by atoms with E-state index < -0.39 is 0 Å². The van der Waals surface area contributed by atoms with Crippen molar-refractivity contribution in [3.8, 4) is 5.75 Å².